The van der Waals surface area contributed by atoms with Gasteiger partial charge in [-0.2, -0.15) is 0 Å². The fourth-order valence-corrected chi connectivity index (χ4v) is 5.19. The molecule has 1 amide bonds. The van der Waals surface area contributed by atoms with Crippen molar-refractivity contribution in [2.24, 2.45) is 0 Å². The van der Waals surface area contributed by atoms with Crippen molar-refractivity contribution >= 4 is 34.3 Å². The van der Waals surface area contributed by atoms with Crippen LogP contribution in [0.1, 0.15) is 108 Å². The monoisotopic (exact) mass is 584 g/mol. The van der Waals surface area contributed by atoms with E-state index in [0.29, 0.717) is 11.6 Å². The molecule has 6 heteroatoms. The third-order valence-corrected chi connectivity index (χ3v) is 7.97. The molecule has 5 nitrogen and oxygen atoms in total. The molecule has 0 bridgehead atoms. The van der Waals surface area contributed by atoms with Gasteiger partial charge in [-0.3, -0.25) is 9.69 Å². The molecule has 1 aromatic heterocycles. The molecule has 194 valence electrons. The normalized spacial score (nSPS) is 15.4. The summed E-state index contributed by atoms with van der Waals surface area (Å²) in [5.41, 5.74) is 0.663. The van der Waals surface area contributed by atoms with Crippen LogP contribution in [0.3, 0.4) is 0 Å². The summed E-state index contributed by atoms with van der Waals surface area (Å²) in [6.07, 6.45) is 19.0. The number of hydrogen-bond donors (Lipinski definition) is 1. The zero-order valence-corrected chi connectivity index (χ0v) is 24.0. The fraction of sp³-hybridized carbons (Fsp3) is 0.786. The third-order valence-electron chi connectivity index (χ3n) is 7.21. The molecule has 1 aliphatic heterocycles. The Hall–Kier alpha value is -0.890. The number of rotatable bonds is 18. The Labute approximate surface area is 223 Å². The Morgan fingerprint density at radius 1 is 0.912 bits per heavy atom. The average molecular weight is 585 g/mol. The smallest absolute Gasteiger partial charge is 0.252 e. The van der Waals surface area contributed by atoms with E-state index >= 15 is 0 Å². The van der Waals surface area contributed by atoms with E-state index in [1.807, 2.05) is 12.1 Å². The number of carbonyl (C=O) groups is 1. The van der Waals surface area contributed by atoms with Crippen LogP contribution < -0.4 is 10.2 Å². The maximum atomic E-state index is 12.4. The van der Waals surface area contributed by atoms with Gasteiger partial charge < -0.3 is 10.2 Å². The highest BCUT2D eigenvalue weighted by Gasteiger charge is 2.21. The van der Waals surface area contributed by atoms with Gasteiger partial charge in [-0.15, -0.1) is 0 Å². The minimum atomic E-state index is -0.000807. The molecule has 1 aliphatic rings. The lowest BCUT2D eigenvalue weighted by Gasteiger charge is -2.38. The van der Waals surface area contributed by atoms with Gasteiger partial charge in [-0.05, 0) is 42.7 Å². The summed E-state index contributed by atoms with van der Waals surface area (Å²) in [7, 11) is 0. The maximum absolute atomic E-state index is 12.4. The van der Waals surface area contributed by atoms with E-state index in [4.69, 9.17) is 0 Å². The summed E-state index contributed by atoms with van der Waals surface area (Å²) in [5.74, 6) is 0.982. The first-order valence-corrected chi connectivity index (χ1v) is 15.5. The lowest BCUT2D eigenvalue weighted by atomic mass is 10.1. The van der Waals surface area contributed by atoms with Crippen molar-refractivity contribution in [3.8, 4) is 0 Å². The van der Waals surface area contributed by atoms with E-state index in [-0.39, 0.29) is 5.91 Å². The van der Waals surface area contributed by atoms with E-state index in [1.165, 1.54) is 81.5 Å². The average Bonchev–Trinajstić information content (AvgIpc) is 2.88. The summed E-state index contributed by atoms with van der Waals surface area (Å²) in [6, 6.07) is 4.57. The summed E-state index contributed by atoms with van der Waals surface area (Å²) >= 11 is 2.47. The van der Waals surface area contributed by atoms with Gasteiger partial charge in [0.1, 0.15) is 5.82 Å². The first-order valence-electron chi connectivity index (χ1n) is 13.9. The van der Waals surface area contributed by atoms with E-state index < -0.39 is 0 Å². The van der Waals surface area contributed by atoms with Gasteiger partial charge >= 0.3 is 0 Å². The van der Waals surface area contributed by atoms with Gasteiger partial charge in [-0.1, -0.05) is 93.7 Å². The van der Waals surface area contributed by atoms with Crippen molar-refractivity contribution in [2.75, 3.05) is 42.1 Å². The number of aromatic nitrogens is 1. The van der Waals surface area contributed by atoms with E-state index in [0.717, 1.165) is 45.0 Å². The second kappa shape index (κ2) is 18.4. The standard InChI is InChI=1S/C28H49IN4O/c1-3-25(2)32-20-22-33(23-21-32)27-17-16-26(24-31-27)28(34)30-19-15-13-11-9-7-5-4-6-8-10-12-14-18-29/h16-17,24-25H,3-15,18-23H2,1-2H3,(H,30,34). The second-order valence-corrected chi connectivity index (χ2v) is 11.0. The Kier molecular flexibility index (Phi) is 15.9. The van der Waals surface area contributed by atoms with Crippen molar-refractivity contribution < 1.29 is 4.79 Å². The molecular weight excluding hydrogens is 535 g/mol. The van der Waals surface area contributed by atoms with Crippen molar-refractivity contribution in [1.82, 2.24) is 15.2 Å². The Balaban J connectivity index is 1.49. The van der Waals surface area contributed by atoms with Gasteiger partial charge in [0, 0.05) is 45.0 Å². The number of alkyl halides is 1. The number of hydrogen-bond acceptors (Lipinski definition) is 4. The van der Waals surface area contributed by atoms with E-state index in [2.05, 4.69) is 56.5 Å². The van der Waals surface area contributed by atoms with Crippen LogP contribution in [0.4, 0.5) is 5.82 Å². The molecule has 0 aromatic carbocycles. The molecule has 1 atom stereocenters. The molecule has 0 aliphatic carbocycles. The van der Waals surface area contributed by atoms with Gasteiger partial charge in [-0.25, -0.2) is 4.98 Å². The number of anilines is 1. The highest BCUT2D eigenvalue weighted by molar-refractivity contribution is 14.1. The Bertz CT molecular complexity index is 646. The minimum Gasteiger partial charge on any atom is -0.354 e. The van der Waals surface area contributed by atoms with E-state index in [9.17, 15) is 4.79 Å². The van der Waals surface area contributed by atoms with Gasteiger partial charge in [0.05, 0.1) is 5.56 Å². The Morgan fingerprint density at radius 3 is 1.97 bits per heavy atom. The highest BCUT2D eigenvalue weighted by atomic mass is 127. The highest BCUT2D eigenvalue weighted by Crippen LogP contribution is 2.16. The first kappa shape index (κ1) is 29.3. The number of unbranched alkanes of at least 4 members (excludes halogenated alkanes) is 11. The Morgan fingerprint density at radius 2 is 1.47 bits per heavy atom. The molecule has 0 spiro atoms. The van der Waals surface area contributed by atoms with Crippen molar-refractivity contribution in [2.45, 2.75) is 103 Å². The first-order chi connectivity index (χ1) is 16.7. The molecule has 1 fully saturated rings. The molecule has 1 unspecified atom stereocenters. The second-order valence-electron chi connectivity index (χ2n) is 9.87. The number of nitrogens with one attached hydrogen (secondary N) is 1. The number of halogens is 1. The van der Waals surface area contributed by atoms with Crippen molar-refractivity contribution in [3.05, 3.63) is 23.9 Å². The zero-order chi connectivity index (χ0) is 24.4. The number of pyridine rings is 1. The van der Waals surface area contributed by atoms with Crippen LogP contribution in [-0.2, 0) is 0 Å². The summed E-state index contributed by atoms with van der Waals surface area (Å²) < 4.78 is 1.31. The molecule has 34 heavy (non-hydrogen) atoms. The molecule has 2 heterocycles. The molecule has 0 saturated carbocycles. The quantitative estimate of drug-likeness (QED) is 0.117. The van der Waals surface area contributed by atoms with Crippen LogP contribution in [0.5, 0.6) is 0 Å². The zero-order valence-electron chi connectivity index (χ0n) is 21.9. The predicted molar refractivity (Wildman–Crippen MR) is 154 cm³/mol. The van der Waals surface area contributed by atoms with Crippen LogP contribution >= 0.6 is 22.6 Å². The molecule has 1 N–H and O–H groups in total. The molecule has 0 radical (unpaired) electrons. The number of nitrogens with zero attached hydrogens (tertiary/aromatic N) is 3. The lowest BCUT2D eigenvalue weighted by molar-refractivity contribution is 0.0952. The van der Waals surface area contributed by atoms with Gasteiger partial charge in [0.25, 0.3) is 5.91 Å². The third kappa shape index (κ3) is 11.7. The van der Waals surface area contributed by atoms with Crippen LogP contribution in [-0.4, -0.2) is 59.0 Å². The maximum Gasteiger partial charge on any atom is 0.252 e. The van der Waals surface area contributed by atoms with E-state index in [1.54, 1.807) is 6.20 Å². The number of amides is 1. The molecular formula is C28H49IN4O. The largest absolute Gasteiger partial charge is 0.354 e. The predicted octanol–water partition coefficient (Wildman–Crippen LogP) is 6.85. The number of carbonyl (C=O) groups excluding carboxylic acids is 1. The summed E-state index contributed by atoms with van der Waals surface area (Å²) in [6.45, 7) is 9.48. The van der Waals surface area contributed by atoms with Crippen molar-refractivity contribution in [3.63, 3.8) is 0 Å². The summed E-state index contributed by atoms with van der Waals surface area (Å²) in [5, 5.41) is 3.06. The van der Waals surface area contributed by atoms with Gasteiger partial charge in [0.2, 0.25) is 0 Å². The lowest BCUT2D eigenvalue weighted by Crippen LogP contribution is -2.49. The summed E-state index contributed by atoms with van der Waals surface area (Å²) in [4.78, 5) is 21.9. The van der Waals surface area contributed by atoms with Crippen LogP contribution in [0.2, 0.25) is 0 Å². The fourth-order valence-electron chi connectivity index (χ4n) is 4.65. The topological polar surface area (TPSA) is 48.5 Å². The minimum absolute atomic E-state index is 0.000807. The molecule has 2 rings (SSSR count). The van der Waals surface area contributed by atoms with Crippen LogP contribution in [0, 0.1) is 0 Å². The number of piperazine rings is 1. The molecule has 1 aromatic rings. The SMILES string of the molecule is CCC(C)N1CCN(c2ccc(C(=O)NCCCCCCCCCCCCCCI)cn2)CC1. The van der Waals surface area contributed by atoms with Crippen LogP contribution in [0.25, 0.3) is 0 Å². The van der Waals surface area contributed by atoms with Crippen molar-refractivity contribution in [1.29, 1.82) is 0 Å². The van der Waals surface area contributed by atoms with Gasteiger partial charge in [0.15, 0.2) is 0 Å². The van der Waals surface area contributed by atoms with Crippen LogP contribution in [0.15, 0.2) is 18.3 Å². The molecule has 1 saturated heterocycles.